The third-order valence-electron chi connectivity index (χ3n) is 4.40. The smallest absolute Gasteiger partial charge is 0.322 e. The molecule has 0 bridgehead atoms. The van der Waals surface area contributed by atoms with Gasteiger partial charge in [0.1, 0.15) is 0 Å². The van der Waals surface area contributed by atoms with Gasteiger partial charge in [0.25, 0.3) is 0 Å². The number of para-hydroxylation sites is 1. The van der Waals surface area contributed by atoms with E-state index in [1.807, 2.05) is 24.3 Å². The normalized spacial score (nSPS) is 14.0. The molecule has 0 atom stereocenters. The van der Waals surface area contributed by atoms with Gasteiger partial charge in [0.05, 0.1) is 21.1 Å². The zero-order valence-electron chi connectivity index (χ0n) is 14.9. The Morgan fingerprint density at radius 1 is 0.929 bits per heavy atom. The van der Waals surface area contributed by atoms with Crippen LogP contribution in [0.3, 0.4) is 0 Å². The molecule has 1 aliphatic rings. The minimum Gasteiger partial charge on any atom is -0.368 e. The van der Waals surface area contributed by atoms with E-state index in [1.165, 1.54) is 0 Å². The van der Waals surface area contributed by atoms with E-state index in [0.717, 1.165) is 11.4 Å². The molecule has 0 radical (unpaired) electrons. The summed E-state index contributed by atoms with van der Waals surface area (Å²) in [5, 5.41) is 6.66. The van der Waals surface area contributed by atoms with Gasteiger partial charge in [0.15, 0.2) is 0 Å². The van der Waals surface area contributed by atoms with Crippen LogP contribution in [-0.2, 0) is 4.79 Å². The SMILES string of the molecule is O=C(CBr)Nc1ccc(N2CCN(C(=O)Nc3c(Cl)cccc3Cl)CC2)cc1. The second-order valence-electron chi connectivity index (χ2n) is 6.23. The molecule has 3 rings (SSSR count). The highest BCUT2D eigenvalue weighted by atomic mass is 79.9. The van der Waals surface area contributed by atoms with Gasteiger partial charge in [0, 0.05) is 37.6 Å². The van der Waals surface area contributed by atoms with Crippen LogP contribution >= 0.6 is 39.1 Å². The number of carbonyl (C=O) groups excluding carboxylic acids is 2. The van der Waals surface area contributed by atoms with E-state index >= 15 is 0 Å². The van der Waals surface area contributed by atoms with Crippen molar-refractivity contribution in [2.45, 2.75) is 0 Å². The number of carbonyl (C=O) groups is 2. The van der Waals surface area contributed by atoms with Gasteiger partial charge in [-0.1, -0.05) is 45.2 Å². The second kappa shape index (κ2) is 9.49. The highest BCUT2D eigenvalue weighted by Crippen LogP contribution is 2.30. The lowest BCUT2D eigenvalue weighted by molar-refractivity contribution is -0.113. The van der Waals surface area contributed by atoms with Crippen LogP contribution < -0.4 is 15.5 Å². The van der Waals surface area contributed by atoms with Crippen molar-refractivity contribution in [2.75, 3.05) is 47.0 Å². The number of urea groups is 1. The predicted molar refractivity (Wildman–Crippen MR) is 118 cm³/mol. The van der Waals surface area contributed by atoms with Crippen LogP contribution in [0.2, 0.25) is 10.0 Å². The monoisotopic (exact) mass is 484 g/mol. The number of nitrogens with zero attached hydrogens (tertiary/aromatic N) is 2. The molecule has 2 N–H and O–H groups in total. The average Bonchev–Trinajstić information content (AvgIpc) is 2.71. The van der Waals surface area contributed by atoms with Gasteiger partial charge in [-0.15, -0.1) is 0 Å². The van der Waals surface area contributed by atoms with Crippen LogP contribution in [0, 0.1) is 0 Å². The molecular formula is C19H19BrCl2N4O2. The Bertz CT molecular complexity index is 835. The molecule has 0 aliphatic carbocycles. The van der Waals surface area contributed by atoms with Gasteiger partial charge in [-0.3, -0.25) is 4.79 Å². The Balaban J connectivity index is 1.55. The second-order valence-corrected chi connectivity index (χ2v) is 7.60. The molecule has 0 aromatic heterocycles. The summed E-state index contributed by atoms with van der Waals surface area (Å²) >= 11 is 15.4. The molecule has 28 heavy (non-hydrogen) atoms. The van der Waals surface area contributed by atoms with E-state index < -0.39 is 0 Å². The van der Waals surface area contributed by atoms with Crippen LogP contribution in [0.25, 0.3) is 0 Å². The number of amides is 3. The van der Waals surface area contributed by atoms with E-state index in [0.29, 0.717) is 41.9 Å². The predicted octanol–water partition coefficient (Wildman–Crippen LogP) is 4.68. The molecule has 2 aromatic rings. The van der Waals surface area contributed by atoms with Crippen molar-refractivity contribution in [3.63, 3.8) is 0 Å². The molecule has 1 heterocycles. The summed E-state index contributed by atoms with van der Waals surface area (Å²) < 4.78 is 0. The molecule has 9 heteroatoms. The quantitative estimate of drug-likeness (QED) is 0.618. The van der Waals surface area contributed by atoms with Crippen molar-refractivity contribution in [3.8, 4) is 0 Å². The average molecular weight is 486 g/mol. The number of piperazine rings is 1. The number of hydrogen-bond acceptors (Lipinski definition) is 3. The Kier molecular flexibility index (Phi) is 7.04. The standard InChI is InChI=1S/C19H19BrCl2N4O2/c20-12-17(27)23-13-4-6-14(7-5-13)25-8-10-26(11-9-25)19(28)24-18-15(21)2-1-3-16(18)22/h1-7H,8-12H2,(H,23,27)(H,24,28). The molecule has 0 saturated carbocycles. The Morgan fingerprint density at radius 2 is 1.54 bits per heavy atom. The van der Waals surface area contributed by atoms with Gasteiger partial charge < -0.3 is 20.4 Å². The van der Waals surface area contributed by atoms with E-state index in [1.54, 1.807) is 23.1 Å². The van der Waals surface area contributed by atoms with Gasteiger partial charge in [0.2, 0.25) is 5.91 Å². The van der Waals surface area contributed by atoms with Crippen molar-refractivity contribution in [2.24, 2.45) is 0 Å². The minimum atomic E-state index is -0.220. The number of rotatable bonds is 4. The largest absolute Gasteiger partial charge is 0.368 e. The molecule has 1 saturated heterocycles. The lowest BCUT2D eigenvalue weighted by atomic mass is 10.2. The Morgan fingerprint density at radius 3 is 2.11 bits per heavy atom. The molecule has 2 aromatic carbocycles. The highest BCUT2D eigenvalue weighted by molar-refractivity contribution is 9.09. The van der Waals surface area contributed by atoms with Crippen LogP contribution in [0.1, 0.15) is 0 Å². The molecule has 1 fully saturated rings. The van der Waals surface area contributed by atoms with Crippen LogP contribution in [0.4, 0.5) is 21.9 Å². The zero-order chi connectivity index (χ0) is 20.1. The first-order chi connectivity index (χ1) is 13.5. The molecule has 0 spiro atoms. The van der Waals surface area contributed by atoms with Crippen molar-refractivity contribution < 1.29 is 9.59 Å². The topological polar surface area (TPSA) is 64.7 Å². The maximum Gasteiger partial charge on any atom is 0.322 e. The fraction of sp³-hybridized carbons (Fsp3) is 0.263. The molecule has 0 unspecified atom stereocenters. The fourth-order valence-electron chi connectivity index (χ4n) is 2.92. The first-order valence-electron chi connectivity index (χ1n) is 8.68. The van der Waals surface area contributed by atoms with Crippen LogP contribution in [-0.4, -0.2) is 48.3 Å². The van der Waals surface area contributed by atoms with E-state index in [4.69, 9.17) is 23.2 Å². The fourth-order valence-corrected chi connectivity index (χ4v) is 3.55. The molecule has 148 valence electrons. The minimum absolute atomic E-state index is 0.0917. The number of halogens is 3. The van der Waals surface area contributed by atoms with E-state index in [2.05, 4.69) is 31.5 Å². The highest BCUT2D eigenvalue weighted by Gasteiger charge is 2.22. The zero-order valence-corrected chi connectivity index (χ0v) is 18.0. The summed E-state index contributed by atoms with van der Waals surface area (Å²) in [6.45, 7) is 2.57. The van der Waals surface area contributed by atoms with Crippen molar-refractivity contribution in [1.29, 1.82) is 0 Å². The van der Waals surface area contributed by atoms with Crippen LogP contribution in [0.15, 0.2) is 42.5 Å². The van der Waals surface area contributed by atoms with Crippen molar-refractivity contribution in [3.05, 3.63) is 52.5 Å². The van der Waals surface area contributed by atoms with Gasteiger partial charge in [-0.25, -0.2) is 4.79 Å². The Labute approximate surface area is 181 Å². The number of benzene rings is 2. The van der Waals surface area contributed by atoms with Crippen molar-refractivity contribution in [1.82, 2.24) is 4.90 Å². The number of nitrogens with one attached hydrogen (secondary N) is 2. The van der Waals surface area contributed by atoms with Gasteiger partial charge in [-0.05, 0) is 36.4 Å². The first kappa shape index (κ1) is 20.8. The summed E-state index contributed by atoms with van der Waals surface area (Å²) in [5.74, 6) is -0.0917. The maximum atomic E-state index is 12.5. The summed E-state index contributed by atoms with van der Waals surface area (Å²) in [4.78, 5) is 27.9. The van der Waals surface area contributed by atoms with Crippen LogP contribution in [0.5, 0.6) is 0 Å². The molecular weight excluding hydrogens is 467 g/mol. The van der Waals surface area contributed by atoms with Crippen molar-refractivity contribution >= 4 is 68.1 Å². The molecule has 3 amide bonds. The summed E-state index contributed by atoms with van der Waals surface area (Å²) in [6.07, 6.45) is 0. The van der Waals surface area contributed by atoms with Gasteiger partial charge in [-0.2, -0.15) is 0 Å². The first-order valence-corrected chi connectivity index (χ1v) is 10.6. The van der Waals surface area contributed by atoms with Gasteiger partial charge >= 0.3 is 6.03 Å². The third kappa shape index (κ3) is 5.10. The lowest BCUT2D eigenvalue weighted by Gasteiger charge is -2.36. The van der Waals surface area contributed by atoms with E-state index in [-0.39, 0.29) is 17.3 Å². The Hall–Kier alpha value is -1.96. The number of hydrogen-bond donors (Lipinski definition) is 2. The maximum absolute atomic E-state index is 12.5. The third-order valence-corrected chi connectivity index (χ3v) is 5.54. The summed E-state index contributed by atoms with van der Waals surface area (Å²) in [7, 11) is 0. The number of anilines is 3. The number of alkyl halides is 1. The molecule has 6 nitrogen and oxygen atoms in total. The molecule has 1 aliphatic heterocycles. The van der Waals surface area contributed by atoms with E-state index in [9.17, 15) is 9.59 Å². The lowest BCUT2D eigenvalue weighted by Crippen LogP contribution is -2.50. The summed E-state index contributed by atoms with van der Waals surface area (Å²) in [6, 6.07) is 12.5. The summed E-state index contributed by atoms with van der Waals surface area (Å²) in [5.41, 5.74) is 2.23.